The quantitative estimate of drug-likeness (QED) is 0.844. The number of nitrogens with one attached hydrogen (secondary N) is 1. The first kappa shape index (κ1) is 16.3. The van der Waals surface area contributed by atoms with Crippen molar-refractivity contribution in [2.75, 3.05) is 20.3 Å². The molecule has 0 aliphatic carbocycles. The van der Waals surface area contributed by atoms with Crippen molar-refractivity contribution in [2.45, 2.75) is 26.4 Å². The minimum Gasteiger partial charge on any atom is -0.493 e. The lowest BCUT2D eigenvalue weighted by Crippen LogP contribution is -2.42. The zero-order valence-electron chi connectivity index (χ0n) is 14.0. The average Bonchev–Trinajstić information content (AvgIpc) is 2.58. The van der Waals surface area contributed by atoms with E-state index in [0.717, 1.165) is 23.2 Å². The van der Waals surface area contributed by atoms with Gasteiger partial charge in [0.1, 0.15) is 5.49 Å². The first-order valence-corrected chi connectivity index (χ1v) is 8.04. The topological polar surface area (TPSA) is 95.3 Å². The van der Waals surface area contributed by atoms with E-state index in [0.29, 0.717) is 37.7 Å². The molecule has 1 aliphatic rings. The number of methoxy groups -OCH3 is 1. The van der Waals surface area contributed by atoms with Gasteiger partial charge in [0, 0.05) is 31.3 Å². The fraction of sp³-hybridized carbons (Fsp3) is 0.412. The van der Waals surface area contributed by atoms with E-state index in [1.165, 1.54) is 4.57 Å². The molecule has 0 saturated heterocycles. The van der Waals surface area contributed by atoms with E-state index in [-0.39, 0.29) is 11.2 Å². The normalized spacial score (nSPS) is 12.5. The van der Waals surface area contributed by atoms with Crippen LogP contribution in [0.4, 0.5) is 0 Å². The van der Waals surface area contributed by atoms with Gasteiger partial charge in [-0.1, -0.05) is 0 Å². The van der Waals surface area contributed by atoms with Crippen LogP contribution in [0, 0.1) is 5.41 Å². The van der Waals surface area contributed by atoms with Gasteiger partial charge in [-0.15, -0.1) is 0 Å². The van der Waals surface area contributed by atoms with Crippen LogP contribution in [0.3, 0.4) is 0 Å². The predicted molar refractivity (Wildman–Crippen MR) is 90.5 cm³/mol. The lowest BCUT2D eigenvalue weighted by Gasteiger charge is -2.24. The number of hydrogen-bond donors (Lipinski definition) is 2. The Morgan fingerprint density at radius 3 is 2.75 bits per heavy atom. The summed E-state index contributed by atoms with van der Waals surface area (Å²) in [6, 6.07) is 5.57. The molecule has 2 heterocycles. The molecule has 24 heavy (non-hydrogen) atoms. The maximum atomic E-state index is 12.7. The summed E-state index contributed by atoms with van der Waals surface area (Å²) < 4.78 is 14.2. The van der Waals surface area contributed by atoms with Crippen molar-refractivity contribution in [1.29, 1.82) is 5.41 Å². The number of nitrogens with zero attached hydrogens (tertiary/aromatic N) is 2. The van der Waals surface area contributed by atoms with E-state index in [1.54, 1.807) is 17.7 Å². The van der Waals surface area contributed by atoms with Crippen LogP contribution in [0.25, 0.3) is 11.3 Å². The fourth-order valence-corrected chi connectivity index (χ4v) is 3.13. The summed E-state index contributed by atoms with van der Waals surface area (Å²) in [5, 5.41) is 8.14. The van der Waals surface area contributed by atoms with Gasteiger partial charge < -0.3 is 15.2 Å². The number of rotatable bonds is 5. The molecule has 0 fully saturated rings. The van der Waals surface area contributed by atoms with Crippen LogP contribution in [0.5, 0.6) is 11.5 Å². The van der Waals surface area contributed by atoms with Crippen LogP contribution in [0.1, 0.15) is 12.5 Å². The third kappa shape index (κ3) is 2.60. The van der Waals surface area contributed by atoms with E-state index >= 15 is 0 Å². The Morgan fingerprint density at radius 1 is 1.29 bits per heavy atom. The van der Waals surface area contributed by atoms with Crippen LogP contribution in [0.15, 0.2) is 23.0 Å². The lowest BCUT2D eigenvalue weighted by molar-refractivity contribution is 0.310. The first-order valence-electron chi connectivity index (χ1n) is 8.04. The highest BCUT2D eigenvalue weighted by atomic mass is 16.5. The molecular formula is C17H22N4O3. The maximum Gasteiger partial charge on any atom is 0.330 e. The highest BCUT2D eigenvalue weighted by Gasteiger charge is 2.21. The van der Waals surface area contributed by atoms with Gasteiger partial charge in [0.25, 0.3) is 0 Å². The highest BCUT2D eigenvalue weighted by molar-refractivity contribution is 5.69. The summed E-state index contributed by atoms with van der Waals surface area (Å²) in [4.78, 5) is 12.7. The van der Waals surface area contributed by atoms with Gasteiger partial charge >= 0.3 is 5.69 Å². The van der Waals surface area contributed by atoms with Crippen molar-refractivity contribution in [2.24, 2.45) is 5.73 Å². The van der Waals surface area contributed by atoms with Gasteiger partial charge in [-0.2, -0.15) is 0 Å². The number of aromatic nitrogens is 2. The number of benzene rings is 1. The summed E-state index contributed by atoms with van der Waals surface area (Å²) in [5.41, 5.74) is 8.26. The fourth-order valence-electron chi connectivity index (χ4n) is 3.13. The molecule has 1 aliphatic heterocycles. The summed E-state index contributed by atoms with van der Waals surface area (Å²) in [7, 11) is 1.59. The molecule has 1 aromatic carbocycles. The SMILES string of the molecule is CCOc1cc2c(cc1OC)-c1cc(=N)n(CCN)c(=O)n1CC2. The molecule has 1 aromatic heterocycles. The van der Waals surface area contributed by atoms with Crippen LogP contribution in [-0.4, -0.2) is 29.4 Å². The Hall–Kier alpha value is -2.54. The summed E-state index contributed by atoms with van der Waals surface area (Å²) >= 11 is 0. The second-order valence-electron chi connectivity index (χ2n) is 5.63. The minimum atomic E-state index is -0.193. The Labute approximate surface area is 139 Å². The van der Waals surface area contributed by atoms with Gasteiger partial charge in [-0.3, -0.25) is 14.5 Å². The minimum absolute atomic E-state index is 0.164. The Morgan fingerprint density at radius 2 is 2.08 bits per heavy atom. The standard InChI is InChI=1S/C17H22N4O3/c1-3-24-15-8-11-4-6-20-13(12(11)9-14(15)23-2)10-16(19)21(7-5-18)17(20)22/h8-10,19H,3-7,18H2,1-2H3. The molecule has 0 amide bonds. The van der Waals surface area contributed by atoms with E-state index in [1.807, 2.05) is 19.1 Å². The average molecular weight is 330 g/mol. The number of fused-ring (bicyclic) bond motifs is 3. The maximum absolute atomic E-state index is 12.7. The summed E-state index contributed by atoms with van der Waals surface area (Å²) in [5.74, 6) is 1.33. The largest absolute Gasteiger partial charge is 0.493 e. The van der Waals surface area contributed by atoms with E-state index < -0.39 is 0 Å². The number of hydrogen-bond acceptors (Lipinski definition) is 5. The molecular weight excluding hydrogens is 308 g/mol. The molecule has 2 aromatic rings. The zero-order chi connectivity index (χ0) is 17.3. The molecule has 128 valence electrons. The Bertz CT molecular complexity index is 883. The predicted octanol–water partition coefficient (Wildman–Crippen LogP) is 0.718. The molecule has 3 N–H and O–H groups in total. The highest BCUT2D eigenvalue weighted by Crippen LogP contribution is 2.37. The van der Waals surface area contributed by atoms with Crippen molar-refractivity contribution < 1.29 is 9.47 Å². The molecule has 0 radical (unpaired) electrons. The monoisotopic (exact) mass is 330 g/mol. The van der Waals surface area contributed by atoms with E-state index in [4.69, 9.17) is 20.6 Å². The summed E-state index contributed by atoms with van der Waals surface area (Å²) in [6.07, 6.45) is 0.728. The second-order valence-corrected chi connectivity index (χ2v) is 5.63. The van der Waals surface area contributed by atoms with E-state index in [2.05, 4.69) is 0 Å². The van der Waals surface area contributed by atoms with Gasteiger partial charge in [-0.25, -0.2) is 4.79 Å². The zero-order valence-corrected chi connectivity index (χ0v) is 14.0. The molecule has 3 rings (SSSR count). The van der Waals surface area contributed by atoms with Gasteiger partial charge in [-0.05, 0) is 31.0 Å². The molecule has 0 bridgehead atoms. The van der Waals surface area contributed by atoms with E-state index in [9.17, 15) is 4.79 Å². The molecule has 0 unspecified atom stereocenters. The molecule has 0 spiro atoms. The van der Waals surface area contributed by atoms with Crippen molar-refractivity contribution >= 4 is 0 Å². The number of nitrogens with two attached hydrogens (primary N) is 1. The van der Waals surface area contributed by atoms with Gasteiger partial charge in [0.15, 0.2) is 11.5 Å². The molecule has 7 nitrogen and oxygen atoms in total. The second kappa shape index (κ2) is 6.52. The van der Waals surface area contributed by atoms with Crippen molar-refractivity contribution in [3.63, 3.8) is 0 Å². The van der Waals surface area contributed by atoms with Crippen molar-refractivity contribution in [3.05, 3.63) is 39.7 Å². The van der Waals surface area contributed by atoms with Crippen LogP contribution >= 0.6 is 0 Å². The van der Waals surface area contributed by atoms with Crippen LogP contribution < -0.4 is 26.4 Å². The van der Waals surface area contributed by atoms with Gasteiger partial charge in [0.2, 0.25) is 0 Å². The molecule has 7 heteroatoms. The lowest BCUT2D eigenvalue weighted by atomic mass is 9.97. The smallest absolute Gasteiger partial charge is 0.330 e. The van der Waals surface area contributed by atoms with Crippen molar-refractivity contribution in [1.82, 2.24) is 9.13 Å². The third-order valence-corrected chi connectivity index (χ3v) is 4.24. The van der Waals surface area contributed by atoms with Crippen LogP contribution in [-0.2, 0) is 19.5 Å². The Kier molecular flexibility index (Phi) is 4.44. The number of ether oxygens (including phenoxy) is 2. The number of aryl methyl sites for hydroxylation is 1. The third-order valence-electron chi connectivity index (χ3n) is 4.24. The van der Waals surface area contributed by atoms with Gasteiger partial charge in [0.05, 0.1) is 19.4 Å². The first-order chi connectivity index (χ1) is 11.6. The van der Waals surface area contributed by atoms with Crippen LogP contribution in [0.2, 0.25) is 0 Å². The molecule has 0 saturated carbocycles. The summed E-state index contributed by atoms with van der Waals surface area (Å²) in [6.45, 7) is 3.73. The Balaban J connectivity index is 2.21. The van der Waals surface area contributed by atoms with Crippen molar-refractivity contribution in [3.8, 4) is 22.8 Å². The molecule has 0 atom stereocenters.